The van der Waals surface area contributed by atoms with Gasteiger partial charge < -0.3 is 10.1 Å². The van der Waals surface area contributed by atoms with Crippen LogP contribution in [0.15, 0.2) is 42.5 Å². The summed E-state index contributed by atoms with van der Waals surface area (Å²) in [5, 5.41) is 3.42. The van der Waals surface area contributed by atoms with Crippen molar-refractivity contribution < 1.29 is 4.74 Å². The first-order valence-corrected chi connectivity index (χ1v) is 6.34. The molecule has 1 heterocycles. The van der Waals surface area contributed by atoms with Crippen molar-refractivity contribution in [2.45, 2.75) is 19.8 Å². The number of fused-ring (bicyclic) bond motifs is 1. The van der Waals surface area contributed by atoms with E-state index in [1.54, 1.807) is 0 Å². The van der Waals surface area contributed by atoms with E-state index in [4.69, 9.17) is 11.2 Å². The van der Waals surface area contributed by atoms with E-state index in [0.717, 1.165) is 31.0 Å². The van der Waals surface area contributed by atoms with E-state index in [-0.39, 0.29) is 0 Å². The average Bonchev–Trinajstić information content (AvgIpc) is 2.93. The van der Waals surface area contributed by atoms with Gasteiger partial charge in [-0.3, -0.25) is 0 Å². The van der Waals surface area contributed by atoms with Gasteiger partial charge in [-0.1, -0.05) is 24.1 Å². The second kappa shape index (κ2) is 5.17. The standard InChI is InChI=1S/C17H15NO/c1-2-13-4-3-5-14(8-13)10-18-17-7-6-15-11-19-12-16(15)9-17/h1,3-9,18H,10-12H2. The van der Waals surface area contributed by atoms with Crippen molar-refractivity contribution in [2.75, 3.05) is 5.32 Å². The summed E-state index contributed by atoms with van der Waals surface area (Å²) in [5.41, 5.74) is 5.80. The predicted octanol–water partition coefficient (Wildman–Crippen LogP) is 3.31. The number of terminal acetylenes is 1. The Hall–Kier alpha value is -2.24. The number of hydrogen-bond donors (Lipinski definition) is 1. The first kappa shape index (κ1) is 11.8. The Labute approximate surface area is 113 Å². The third-order valence-corrected chi connectivity index (χ3v) is 3.31. The lowest BCUT2D eigenvalue weighted by molar-refractivity contribution is 0.134. The Kier molecular flexibility index (Phi) is 3.22. The Balaban J connectivity index is 1.70. The van der Waals surface area contributed by atoms with Crippen LogP contribution in [0.1, 0.15) is 22.3 Å². The highest BCUT2D eigenvalue weighted by Crippen LogP contribution is 2.23. The molecule has 1 aliphatic rings. The molecule has 2 aromatic carbocycles. The summed E-state index contributed by atoms with van der Waals surface area (Å²) in [7, 11) is 0. The van der Waals surface area contributed by atoms with Crippen LogP contribution in [0.2, 0.25) is 0 Å². The van der Waals surface area contributed by atoms with Gasteiger partial charge in [-0.25, -0.2) is 0 Å². The molecule has 0 atom stereocenters. The number of benzene rings is 2. The molecule has 1 aliphatic heterocycles. The molecule has 0 radical (unpaired) electrons. The van der Waals surface area contributed by atoms with Crippen molar-refractivity contribution in [3.63, 3.8) is 0 Å². The van der Waals surface area contributed by atoms with Gasteiger partial charge in [-0.2, -0.15) is 0 Å². The van der Waals surface area contributed by atoms with Gasteiger partial charge in [-0.05, 0) is 41.0 Å². The monoisotopic (exact) mass is 249 g/mol. The molecule has 0 amide bonds. The van der Waals surface area contributed by atoms with E-state index < -0.39 is 0 Å². The van der Waals surface area contributed by atoms with E-state index in [9.17, 15) is 0 Å². The van der Waals surface area contributed by atoms with Gasteiger partial charge in [0.05, 0.1) is 13.2 Å². The van der Waals surface area contributed by atoms with Crippen molar-refractivity contribution in [3.05, 3.63) is 64.7 Å². The zero-order valence-electron chi connectivity index (χ0n) is 10.6. The number of nitrogens with one attached hydrogen (secondary N) is 1. The van der Waals surface area contributed by atoms with E-state index in [1.165, 1.54) is 16.7 Å². The van der Waals surface area contributed by atoms with Crippen LogP contribution in [-0.2, 0) is 24.5 Å². The van der Waals surface area contributed by atoms with Crippen molar-refractivity contribution in [2.24, 2.45) is 0 Å². The highest BCUT2D eigenvalue weighted by atomic mass is 16.5. The van der Waals surface area contributed by atoms with Crippen LogP contribution >= 0.6 is 0 Å². The van der Waals surface area contributed by atoms with Crippen LogP contribution in [0.5, 0.6) is 0 Å². The highest BCUT2D eigenvalue weighted by Gasteiger charge is 2.10. The summed E-state index contributed by atoms with van der Waals surface area (Å²) in [6.45, 7) is 2.23. The van der Waals surface area contributed by atoms with Crippen LogP contribution in [0, 0.1) is 12.3 Å². The summed E-state index contributed by atoms with van der Waals surface area (Å²) < 4.78 is 5.41. The SMILES string of the molecule is C#Cc1cccc(CNc2ccc3c(c2)COC3)c1. The smallest absolute Gasteiger partial charge is 0.0725 e. The lowest BCUT2D eigenvalue weighted by Crippen LogP contribution is -2.00. The van der Waals surface area contributed by atoms with Crippen LogP contribution in [0.25, 0.3) is 0 Å². The summed E-state index contributed by atoms with van der Waals surface area (Å²) in [6, 6.07) is 14.4. The molecule has 0 aliphatic carbocycles. The van der Waals surface area contributed by atoms with E-state index >= 15 is 0 Å². The second-order valence-electron chi connectivity index (χ2n) is 4.67. The van der Waals surface area contributed by atoms with Crippen LogP contribution in [-0.4, -0.2) is 0 Å². The molecule has 0 saturated carbocycles. The molecule has 94 valence electrons. The van der Waals surface area contributed by atoms with Gasteiger partial charge >= 0.3 is 0 Å². The molecule has 0 spiro atoms. The molecule has 2 heteroatoms. The molecule has 0 aromatic heterocycles. The Morgan fingerprint density at radius 3 is 2.89 bits per heavy atom. The zero-order chi connectivity index (χ0) is 13.1. The lowest BCUT2D eigenvalue weighted by atomic mass is 10.1. The molecule has 2 nitrogen and oxygen atoms in total. The summed E-state index contributed by atoms with van der Waals surface area (Å²) >= 11 is 0. The number of rotatable bonds is 3. The number of anilines is 1. The Morgan fingerprint density at radius 1 is 1.11 bits per heavy atom. The molecule has 0 fully saturated rings. The third-order valence-electron chi connectivity index (χ3n) is 3.31. The van der Waals surface area contributed by atoms with Crippen molar-refractivity contribution in [1.29, 1.82) is 0 Å². The van der Waals surface area contributed by atoms with Gasteiger partial charge in [0.2, 0.25) is 0 Å². The maximum Gasteiger partial charge on any atom is 0.0725 e. The zero-order valence-corrected chi connectivity index (χ0v) is 10.6. The van der Waals surface area contributed by atoms with E-state index in [0.29, 0.717) is 0 Å². The van der Waals surface area contributed by atoms with Gasteiger partial charge in [0, 0.05) is 17.8 Å². The van der Waals surface area contributed by atoms with Crippen LogP contribution in [0.4, 0.5) is 5.69 Å². The molecule has 0 unspecified atom stereocenters. The topological polar surface area (TPSA) is 21.3 Å². The second-order valence-corrected chi connectivity index (χ2v) is 4.67. The van der Waals surface area contributed by atoms with E-state index in [1.807, 2.05) is 18.2 Å². The fourth-order valence-electron chi connectivity index (χ4n) is 2.26. The summed E-state index contributed by atoms with van der Waals surface area (Å²) in [5.74, 6) is 2.66. The van der Waals surface area contributed by atoms with Crippen molar-refractivity contribution >= 4 is 5.69 Å². The molecule has 19 heavy (non-hydrogen) atoms. The average molecular weight is 249 g/mol. The van der Waals surface area contributed by atoms with Crippen molar-refractivity contribution in [1.82, 2.24) is 0 Å². The van der Waals surface area contributed by atoms with Gasteiger partial charge in [0.15, 0.2) is 0 Å². The first-order chi connectivity index (χ1) is 9.35. The van der Waals surface area contributed by atoms with Crippen molar-refractivity contribution in [3.8, 4) is 12.3 Å². The number of hydrogen-bond acceptors (Lipinski definition) is 2. The minimum Gasteiger partial charge on any atom is -0.381 e. The minimum absolute atomic E-state index is 0.720. The molecular formula is C17H15NO. The summed E-state index contributed by atoms with van der Waals surface area (Å²) in [6.07, 6.45) is 5.40. The maximum atomic E-state index is 5.41. The minimum atomic E-state index is 0.720. The molecule has 0 bridgehead atoms. The summed E-state index contributed by atoms with van der Waals surface area (Å²) in [4.78, 5) is 0. The molecule has 1 N–H and O–H groups in total. The Bertz CT molecular complexity index is 640. The fourth-order valence-corrected chi connectivity index (χ4v) is 2.26. The molecule has 2 aromatic rings. The van der Waals surface area contributed by atoms with Gasteiger partial charge in [0.25, 0.3) is 0 Å². The molecule has 3 rings (SSSR count). The van der Waals surface area contributed by atoms with E-state index in [2.05, 4.69) is 35.5 Å². The van der Waals surface area contributed by atoms with Gasteiger partial charge in [-0.15, -0.1) is 6.42 Å². The molecular weight excluding hydrogens is 234 g/mol. The predicted molar refractivity (Wildman–Crippen MR) is 76.6 cm³/mol. The van der Waals surface area contributed by atoms with Crippen LogP contribution < -0.4 is 5.32 Å². The highest BCUT2D eigenvalue weighted by molar-refractivity contribution is 5.50. The Morgan fingerprint density at radius 2 is 2.00 bits per heavy atom. The van der Waals surface area contributed by atoms with Gasteiger partial charge in [0.1, 0.15) is 0 Å². The van der Waals surface area contributed by atoms with Crippen LogP contribution in [0.3, 0.4) is 0 Å². The first-order valence-electron chi connectivity index (χ1n) is 6.34. The lowest BCUT2D eigenvalue weighted by Gasteiger charge is -2.08. The largest absolute Gasteiger partial charge is 0.381 e. The number of ether oxygens (including phenoxy) is 1. The fraction of sp³-hybridized carbons (Fsp3) is 0.176. The quantitative estimate of drug-likeness (QED) is 0.843. The maximum absolute atomic E-state index is 5.41. The molecule has 0 saturated heterocycles. The normalized spacial score (nSPS) is 12.8. The third kappa shape index (κ3) is 2.62.